The second-order valence-corrected chi connectivity index (χ2v) is 6.36. The summed E-state index contributed by atoms with van der Waals surface area (Å²) in [6.45, 7) is 17.1. The number of hydrogen-bond acceptors (Lipinski definition) is 3. The molecule has 3 nitrogen and oxygen atoms in total. The Morgan fingerprint density at radius 1 is 1.25 bits per heavy atom. The largest absolute Gasteiger partial charge is 0.311 e. The highest BCUT2D eigenvalue weighted by Crippen LogP contribution is 2.20. The van der Waals surface area contributed by atoms with Gasteiger partial charge in [0, 0.05) is 37.3 Å². The van der Waals surface area contributed by atoms with Gasteiger partial charge < -0.3 is 5.32 Å². The van der Waals surface area contributed by atoms with Gasteiger partial charge in [0.1, 0.15) is 0 Å². The summed E-state index contributed by atoms with van der Waals surface area (Å²) in [4.78, 5) is 5.05. The van der Waals surface area contributed by atoms with Crippen LogP contribution in [0.25, 0.3) is 0 Å². The Morgan fingerprint density at radius 3 is 2.38 bits per heavy atom. The maximum atomic E-state index is 3.55. The van der Waals surface area contributed by atoms with E-state index < -0.39 is 0 Å². The number of nitrogens with one attached hydrogen (secondary N) is 1. The molecular weight excluding hydrogens is 198 g/mol. The maximum absolute atomic E-state index is 3.55. The van der Waals surface area contributed by atoms with Gasteiger partial charge in [-0.2, -0.15) is 0 Å². The zero-order chi connectivity index (χ0) is 12.4. The molecule has 1 N–H and O–H groups in total. The molecule has 1 heterocycles. The minimum absolute atomic E-state index is 0.223. The first-order chi connectivity index (χ1) is 7.27. The minimum atomic E-state index is 0.223. The van der Waals surface area contributed by atoms with E-state index in [-0.39, 0.29) is 5.54 Å². The Balaban J connectivity index is 2.51. The van der Waals surface area contributed by atoms with Gasteiger partial charge in [-0.15, -0.1) is 0 Å². The van der Waals surface area contributed by atoms with Crippen molar-refractivity contribution in [3.8, 4) is 0 Å². The number of piperazine rings is 1. The SMILES string of the molecule is CCNC(C)(C)CN1CCN(C)C(C)(C)C1. The Bertz CT molecular complexity index is 223. The van der Waals surface area contributed by atoms with E-state index in [4.69, 9.17) is 0 Å². The molecule has 1 fully saturated rings. The Labute approximate surface area is 101 Å². The average Bonchev–Trinajstić information content (AvgIpc) is 2.10. The number of likely N-dealkylation sites (N-methyl/N-ethyl adjacent to an activating group) is 2. The second-order valence-electron chi connectivity index (χ2n) is 6.36. The molecule has 0 atom stereocenters. The van der Waals surface area contributed by atoms with Crippen LogP contribution in [0.15, 0.2) is 0 Å². The standard InChI is InChI=1S/C13H29N3/c1-7-14-12(2,3)10-16-9-8-15(6)13(4,5)11-16/h14H,7-11H2,1-6H3. The molecule has 0 aliphatic carbocycles. The van der Waals surface area contributed by atoms with E-state index in [0.29, 0.717) is 5.54 Å². The van der Waals surface area contributed by atoms with Crippen LogP contribution in [-0.4, -0.2) is 60.6 Å². The van der Waals surface area contributed by atoms with Crippen LogP contribution >= 0.6 is 0 Å². The highest BCUT2D eigenvalue weighted by atomic mass is 15.3. The van der Waals surface area contributed by atoms with Crippen molar-refractivity contribution in [1.82, 2.24) is 15.1 Å². The van der Waals surface area contributed by atoms with Crippen molar-refractivity contribution in [3.63, 3.8) is 0 Å². The molecule has 0 unspecified atom stereocenters. The van der Waals surface area contributed by atoms with Crippen molar-refractivity contribution < 1.29 is 0 Å². The lowest BCUT2D eigenvalue weighted by Gasteiger charge is -2.47. The van der Waals surface area contributed by atoms with E-state index in [1.165, 1.54) is 19.6 Å². The summed E-state index contributed by atoms with van der Waals surface area (Å²) in [5.74, 6) is 0. The lowest BCUT2D eigenvalue weighted by atomic mass is 9.97. The molecule has 3 heteroatoms. The van der Waals surface area contributed by atoms with Crippen molar-refractivity contribution in [2.45, 2.75) is 45.7 Å². The van der Waals surface area contributed by atoms with Crippen molar-refractivity contribution in [2.24, 2.45) is 0 Å². The molecule has 0 aromatic rings. The lowest BCUT2D eigenvalue weighted by Crippen LogP contribution is -2.61. The Hall–Kier alpha value is -0.120. The second kappa shape index (κ2) is 5.03. The van der Waals surface area contributed by atoms with Crippen LogP contribution in [0.4, 0.5) is 0 Å². The molecule has 96 valence electrons. The van der Waals surface area contributed by atoms with Crippen LogP contribution in [0.3, 0.4) is 0 Å². The summed E-state index contributed by atoms with van der Waals surface area (Å²) in [6, 6.07) is 0. The van der Waals surface area contributed by atoms with Gasteiger partial charge in [-0.25, -0.2) is 0 Å². The Morgan fingerprint density at radius 2 is 1.88 bits per heavy atom. The lowest BCUT2D eigenvalue weighted by molar-refractivity contribution is 0.0282. The van der Waals surface area contributed by atoms with Gasteiger partial charge in [0.15, 0.2) is 0 Å². The van der Waals surface area contributed by atoms with Crippen LogP contribution in [0, 0.1) is 0 Å². The van der Waals surface area contributed by atoms with Gasteiger partial charge in [0.2, 0.25) is 0 Å². The molecule has 0 bridgehead atoms. The summed E-state index contributed by atoms with van der Waals surface area (Å²) in [7, 11) is 2.23. The molecule has 0 spiro atoms. The third-order valence-corrected chi connectivity index (χ3v) is 3.67. The van der Waals surface area contributed by atoms with Gasteiger partial charge in [0.25, 0.3) is 0 Å². The predicted molar refractivity (Wildman–Crippen MR) is 70.9 cm³/mol. The number of nitrogens with zero attached hydrogens (tertiary/aromatic N) is 2. The van der Waals surface area contributed by atoms with E-state index in [0.717, 1.165) is 13.1 Å². The zero-order valence-electron chi connectivity index (χ0n) is 11.9. The first-order valence-electron chi connectivity index (χ1n) is 6.45. The van der Waals surface area contributed by atoms with Gasteiger partial charge in [-0.05, 0) is 41.3 Å². The quantitative estimate of drug-likeness (QED) is 0.783. The van der Waals surface area contributed by atoms with Crippen molar-refractivity contribution in [2.75, 3.05) is 39.8 Å². The predicted octanol–water partition coefficient (Wildman–Crippen LogP) is 1.40. The smallest absolute Gasteiger partial charge is 0.0277 e. The van der Waals surface area contributed by atoms with E-state index in [9.17, 15) is 0 Å². The number of hydrogen-bond donors (Lipinski definition) is 1. The summed E-state index contributed by atoms with van der Waals surface area (Å²) < 4.78 is 0. The summed E-state index contributed by atoms with van der Waals surface area (Å²) >= 11 is 0. The highest BCUT2D eigenvalue weighted by Gasteiger charge is 2.33. The van der Waals surface area contributed by atoms with Gasteiger partial charge in [-0.3, -0.25) is 9.80 Å². The molecule has 16 heavy (non-hydrogen) atoms. The van der Waals surface area contributed by atoms with Crippen molar-refractivity contribution in [3.05, 3.63) is 0 Å². The fraction of sp³-hybridized carbons (Fsp3) is 1.00. The minimum Gasteiger partial charge on any atom is -0.311 e. The van der Waals surface area contributed by atoms with Crippen molar-refractivity contribution >= 4 is 0 Å². The fourth-order valence-corrected chi connectivity index (χ4v) is 2.57. The maximum Gasteiger partial charge on any atom is 0.0277 e. The molecule has 0 amide bonds. The molecule has 1 aliphatic rings. The summed E-state index contributed by atoms with van der Waals surface area (Å²) in [5.41, 5.74) is 0.529. The van der Waals surface area contributed by atoms with Crippen LogP contribution in [0.2, 0.25) is 0 Å². The van der Waals surface area contributed by atoms with Crippen LogP contribution < -0.4 is 5.32 Å². The molecule has 0 aromatic heterocycles. The van der Waals surface area contributed by atoms with Gasteiger partial charge in [-0.1, -0.05) is 6.92 Å². The fourth-order valence-electron chi connectivity index (χ4n) is 2.57. The summed E-state index contributed by atoms with van der Waals surface area (Å²) in [6.07, 6.45) is 0. The monoisotopic (exact) mass is 227 g/mol. The molecule has 0 aromatic carbocycles. The van der Waals surface area contributed by atoms with Crippen LogP contribution in [-0.2, 0) is 0 Å². The van der Waals surface area contributed by atoms with E-state index >= 15 is 0 Å². The summed E-state index contributed by atoms with van der Waals surface area (Å²) in [5, 5.41) is 3.55. The van der Waals surface area contributed by atoms with Crippen LogP contribution in [0.5, 0.6) is 0 Å². The molecule has 0 saturated carbocycles. The van der Waals surface area contributed by atoms with E-state index in [2.05, 4.69) is 56.8 Å². The molecule has 1 rings (SSSR count). The zero-order valence-corrected chi connectivity index (χ0v) is 11.9. The molecular formula is C13H29N3. The van der Waals surface area contributed by atoms with Gasteiger partial charge in [0.05, 0.1) is 0 Å². The van der Waals surface area contributed by atoms with Crippen LogP contribution in [0.1, 0.15) is 34.6 Å². The third-order valence-electron chi connectivity index (χ3n) is 3.67. The molecule has 0 radical (unpaired) electrons. The molecule has 1 saturated heterocycles. The normalized spacial score (nSPS) is 23.6. The first-order valence-corrected chi connectivity index (χ1v) is 6.45. The average molecular weight is 227 g/mol. The molecule has 1 aliphatic heterocycles. The first kappa shape index (κ1) is 13.9. The van der Waals surface area contributed by atoms with E-state index in [1.54, 1.807) is 0 Å². The number of rotatable bonds is 4. The topological polar surface area (TPSA) is 18.5 Å². The highest BCUT2D eigenvalue weighted by molar-refractivity contribution is 4.91. The Kier molecular flexibility index (Phi) is 4.38. The van der Waals surface area contributed by atoms with E-state index in [1.807, 2.05) is 0 Å². The van der Waals surface area contributed by atoms with Crippen molar-refractivity contribution in [1.29, 1.82) is 0 Å². The third kappa shape index (κ3) is 3.72. The van der Waals surface area contributed by atoms with Gasteiger partial charge >= 0.3 is 0 Å².